The van der Waals surface area contributed by atoms with Crippen molar-refractivity contribution < 1.29 is 9.90 Å². The first-order valence-corrected chi connectivity index (χ1v) is 5.96. The van der Waals surface area contributed by atoms with Crippen LogP contribution < -0.4 is 5.73 Å². The normalized spacial score (nSPS) is 25.1. The number of nitrogens with zero attached hydrogens (tertiary/aromatic N) is 1. The summed E-state index contributed by atoms with van der Waals surface area (Å²) in [5.74, 6) is 0.00130. The van der Waals surface area contributed by atoms with Crippen LogP contribution in [-0.4, -0.2) is 41.7 Å². The average Bonchev–Trinajstić information content (AvgIpc) is 2.28. The van der Waals surface area contributed by atoms with E-state index in [1.54, 1.807) is 11.0 Å². The molecule has 16 heavy (non-hydrogen) atoms. The van der Waals surface area contributed by atoms with Crippen LogP contribution in [0.3, 0.4) is 0 Å². The summed E-state index contributed by atoms with van der Waals surface area (Å²) in [6.45, 7) is 4.47. The number of nitrogens with two attached hydrogens (primary N) is 1. The number of amides is 1. The Bertz CT molecular complexity index is 243. The van der Waals surface area contributed by atoms with Gasteiger partial charge in [-0.3, -0.25) is 4.79 Å². The van der Waals surface area contributed by atoms with Gasteiger partial charge >= 0.3 is 0 Å². The van der Waals surface area contributed by atoms with Crippen LogP contribution >= 0.6 is 0 Å². The van der Waals surface area contributed by atoms with Gasteiger partial charge in [-0.05, 0) is 12.8 Å². The second-order valence-corrected chi connectivity index (χ2v) is 4.35. The molecule has 1 fully saturated rings. The van der Waals surface area contributed by atoms with Crippen LogP contribution in [0.25, 0.3) is 0 Å². The van der Waals surface area contributed by atoms with E-state index in [1.807, 2.05) is 0 Å². The maximum absolute atomic E-state index is 12.2. The lowest BCUT2D eigenvalue weighted by Crippen LogP contribution is -2.46. The van der Waals surface area contributed by atoms with Gasteiger partial charge in [0.05, 0.1) is 12.5 Å². The molecule has 1 aliphatic carbocycles. The summed E-state index contributed by atoms with van der Waals surface area (Å²) in [4.78, 5) is 13.8. The second kappa shape index (κ2) is 6.66. The molecule has 4 heteroatoms. The molecule has 4 nitrogen and oxygen atoms in total. The van der Waals surface area contributed by atoms with E-state index in [9.17, 15) is 4.79 Å². The Morgan fingerprint density at radius 2 is 2.19 bits per heavy atom. The van der Waals surface area contributed by atoms with Crippen molar-refractivity contribution in [1.29, 1.82) is 0 Å². The Kier molecular flexibility index (Phi) is 5.49. The Hall–Kier alpha value is -0.870. The van der Waals surface area contributed by atoms with Gasteiger partial charge in [0.15, 0.2) is 0 Å². The van der Waals surface area contributed by atoms with Crippen LogP contribution in [0.5, 0.6) is 0 Å². The van der Waals surface area contributed by atoms with Crippen molar-refractivity contribution in [2.45, 2.75) is 31.7 Å². The second-order valence-electron chi connectivity index (χ2n) is 4.35. The molecule has 0 heterocycles. The number of rotatable bonds is 5. The first-order valence-electron chi connectivity index (χ1n) is 5.96. The molecule has 0 aromatic heterocycles. The molecular formula is C12H22N2O2. The summed E-state index contributed by atoms with van der Waals surface area (Å²) in [6.07, 6.45) is 5.68. The average molecular weight is 226 g/mol. The third kappa shape index (κ3) is 3.32. The first-order chi connectivity index (χ1) is 7.70. The van der Waals surface area contributed by atoms with Crippen molar-refractivity contribution in [3.8, 4) is 0 Å². The molecule has 0 radical (unpaired) electrons. The highest BCUT2D eigenvalue weighted by atomic mass is 16.3. The van der Waals surface area contributed by atoms with E-state index in [0.717, 1.165) is 25.7 Å². The lowest BCUT2D eigenvalue weighted by Gasteiger charge is -2.32. The van der Waals surface area contributed by atoms with E-state index in [1.165, 1.54) is 0 Å². The van der Waals surface area contributed by atoms with Crippen LogP contribution in [0.1, 0.15) is 25.7 Å². The Morgan fingerprint density at radius 1 is 1.50 bits per heavy atom. The van der Waals surface area contributed by atoms with E-state index >= 15 is 0 Å². The highest BCUT2D eigenvalue weighted by Crippen LogP contribution is 2.24. The van der Waals surface area contributed by atoms with E-state index in [2.05, 4.69) is 6.58 Å². The zero-order valence-electron chi connectivity index (χ0n) is 9.77. The number of hydrogen-bond donors (Lipinski definition) is 2. The molecule has 2 atom stereocenters. The van der Waals surface area contributed by atoms with Crippen LogP contribution in [0, 0.1) is 5.92 Å². The third-order valence-corrected chi connectivity index (χ3v) is 3.17. The van der Waals surface area contributed by atoms with E-state index in [-0.39, 0.29) is 24.5 Å². The monoisotopic (exact) mass is 226 g/mol. The summed E-state index contributed by atoms with van der Waals surface area (Å²) >= 11 is 0. The topological polar surface area (TPSA) is 66.6 Å². The molecule has 0 bridgehead atoms. The zero-order chi connectivity index (χ0) is 12.0. The summed E-state index contributed by atoms with van der Waals surface area (Å²) < 4.78 is 0. The minimum atomic E-state index is -0.0692. The fourth-order valence-corrected chi connectivity index (χ4v) is 2.27. The van der Waals surface area contributed by atoms with Crippen molar-refractivity contribution in [3.63, 3.8) is 0 Å². The van der Waals surface area contributed by atoms with Gasteiger partial charge < -0.3 is 15.7 Å². The maximum Gasteiger partial charge on any atom is 0.227 e. The van der Waals surface area contributed by atoms with Gasteiger partial charge in [-0.25, -0.2) is 0 Å². The van der Waals surface area contributed by atoms with Crippen LogP contribution in [0.2, 0.25) is 0 Å². The van der Waals surface area contributed by atoms with Crippen molar-refractivity contribution in [3.05, 3.63) is 12.7 Å². The highest BCUT2D eigenvalue weighted by Gasteiger charge is 2.30. The number of carbonyl (C=O) groups is 1. The van der Waals surface area contributed by atoms with Crippen molar-refractivity contribution >= 4 is 5.91 Å². The molecule has 0 aromatic rings. The van der Waals surface area contributed by atoms with Crippen molar-refractivity contribution in [2.24, 2.45) is 11.7 Å². The Labute approximate surface area is 97.1 Å². The Morgan fingerprint density at radius 3 is 2.75 bits per heavy atom. The van der Waals surface area contributed by atoms with Gasteiger partial charge in [0.25, 0.3) is 0 Å². The van der Waals surface area contributed by atoms with E-state index in [0.29, 0.717) is 13.1 Å². The predicted molar refractivity (Wildman–Crippen MR) is 63.8 cm³/mol. The van der Waals surface area contributed by atoms with Crippen LogP contribution in [0.15, 0.2) is 12.7 Å². The number of aliphatic hydroxyl groups is 1. The van der Waals surface area contributed by atoms with Crippen LogP contribution in [-0.2, 0) is 4.79 Å². The SMILES string of the molecule is C=CCN(CCO)C(=O)C1CCCCC1N. The molecule has 92 valence electrons. The zero-order valence-corrected chi connectivity index (χ0v) is 9.77. The molecule has 1 saturated carbocycles. The third-order valence-electron chi connectivity index (χ3n) is 3.17. The summed E-state index contributed by atoms with van der Waals surface area (Å²) in [5.41, 5.74) is 5.97. The standard InChI is InChI=1S/C12H22N2O2/c1-2-7-14(8-9-15)12(16)10-5-3-4-6-11(10)13/h2,10-11,15H,1,3-9,13H2. The molecule has 0 aromatic carbocycles. The Balaban J connectivity index is 2.60. The molecule has 1 amide bonds. The summed E-state index contributed by atoms with van der Waals surface area (Å²) in [7, 11) is 0. The van der Waals surface area contributed by atoms with Crippen molar-refractivity contribution in [2.75, 3.05) is 19.7 Å². The van der Waals surface area contributed by atoms with Gasteiger partial charge in [-0.2, -0.15) is 0 Å². The summed E-state index contributed by atoms with van der Waals surface area (Å²) in [5, 5.41) is 8.92. The smallest absolute Gasteiger partial charge is 0.227 e. The van der Waals surface area contributed by atoms with Gasteiger partial charge in [0.2, 0.25) is 5.91 Å². The molecule has 0 spiro atoms. The van der Waals surface area contributed by atoms with E-state index < -0.39 is 0 Å². The van der Waals surface area contributed by atoms with Gasteiger partial charge in [-0.1, -0.05) is 18.9 Å². The quantitative estimate of drug-likeness (QED) is 0.671. The molecule has 3 N–H and O–H groups in total. The van der Waals surface area contributed by atoms with Gasteiger partial charge in [0.1, 0.15) is 0 Å². The molecule has 1 aliphatic rings. The van der Waals surface area contributed by atoms with Crippen LogP contribution in [0.4, 0.5) is 0 Å². The number of aliphatic hydroxyl groups excluding tert-OH is 1. The minimum absolute atomic E-state index is 0.0124. The molecular weight excluding hydrogens is 204 g/mol. The first kappa shape index (κ1) is 13.2. The largest absolute Gasteiger partial charge is 0.395 e. The summed E-state index contributed by atoms with van der Waals surface area (Å²) in [6, 6.07) is -0.0211. The minimum Gasteiger partial charge on any atom is -0.395 e. The van der Waals surface area contributed by atoms with Gasteiger partial charge in [0, 0.05) is 19.1 Å². The highest BCUT2D eigenvalue weighted by molar-refractivity contribution is 5.79. The maximum atomic E-state index is 12.2. The van der Waals surface area contributed by atoms with E-state index in [4.69, 9.17) is 10.8 Å². The number of hydrogen-bond acceptors (Lipinski definition) is 3. The predicted octanol–water partition coefficient (Wildman–Crippen LogP) is 0.511. The van der Waals surface area contributed by atoms with Crippen molar-refractivity contribution in [1.82, 2.24) is 4.90 Å². The fourth-order valence-electron chi connectivity index (χ4n) is 2.27. The lowest BCUT2D eigenvalue weighted by molar-refractivity contribution is -0.137. The lowest BCUT2D eigenvalue weighted by atomic mass is 9.84. The fraction of sp³-hybridized carbons (Fsp3) is 0.750. The molecule has 2 unspecified atom stereocenters. The molecule has 1 rings (SSSR count). The molecule has 0 aliphatic heterocycles. The number of carbonyl (C=O) groups excluding carboxylic acids is 1. The molecule has 0 saturated heterocycles. The van der Waals surface area contributed by atoms with Gasteiger partial charge in [-0.15, -0.1) is 6.58 Å².